The number of anilines is 1. The SMILES string of the molecule is CCN(CC)CC(=O)N1CCC[C@H](N2CCN(c3ccc(F)cc3)CC2)C1. The van der Waals surface area contributed by atoms with Gasteiger partial charge in [0.05, 0.1) is 6.54 Å². The van der Waals surface area contributed by atoms with Gasteiger partial charge in [0.1, 0.15) is 5.82 Å². The number of piperazine rings is 1. The van der Waals surface area contributed by atoms with E-state index in [0.29, 0.717) is 12.6 Å². The number of amides is 1. The van der Waals surface area contributed by atoms with Gasteiger partial charge in [0.15, 0.2) is 0 Å². The first-order valence-corrected chi connectivity index (χ1v) is 10.4. The van der Waals surface area contributed by atoms with E-state index in [1.165, 1.54) is 18.6 Å². The van der Waals surface area contributed by atoms with Crippen LogP contribution in [0.25, 0.3) is 0 Å². The summed E-state index contributed by atoms with van der Waals surface area (Å²) >= 11 is 0. The molecule has 150 valence electrons. The highest BCUT2D eigenvalue weighted by atomic mass is 19.1. The number of likely N-dealkylation sites (tertiary alicyclic amines) is 1. The fourth-order valence-corrected chi connectivity index (χ4v) is 4.21. The molecule has 1 aromatic carbocycles. The zero-order valence-corrected chi connectivity index (χ0v) is 16.7. The molecular weight excluding hydrogens is 343 g/mol. The van der Waals surface area contributed by atoms with Crippen molar-refractivity contribution in [2.75, 3.05) is 63.8 Å². The van der Waals surface area contributed by atoms with Gasteiger partial charge in [-0.05, 0) is 50.2 Å². The molecule has 1 amide bonds. The molecule has 2 aliphatic heterocycles. The Balaban J connectivity index is 1.50. The van der Waals surface area contributed by atoms with Gasteiger partial charge in [-0.1, -0.05) is 13.8 Å². The average molecular weight is 377 g/mol. The number of likely N-dealkylation sites (N-methyl/N-ethyl adjacent to an activating group) is 1. The van der Waals surface area contributed by atoms with Crippen LogP contribution in [0.5, 0.6) is 0 Å². The summed E-state index contributed by atoms with van der Waals surface area (Å²) in [6.45, 7) is 12.3. The van der Waals surface area contributed by atoms with Crippen molar-refractivity contribution in [3.05, 3.63) is 30.1 Å². The lowest BCUT2D eigenvalue weighted by molar-refractivity contribution is -0.134. The summed E-state index contributed by atoms with van der Waals surface area (Å²) in [5.41, 5.74) is 1.09. The van der Waals surface area contributed by atoms with Crippen molar-refractivity contribution in [2.45, 2.75) is 32.7 Å². The predicted molar refractivity (Wildman–Crippen MR) is 108 cm³/mol. The molecular formula is C21H33FN4O. The summed E-state index contributed by atoms with van der Waals surface area (Å²) < 4.78 is 13.1. The summed E-state index contributed by atoms with van der Waals surface area (Å²) in [5.74, 6) is 0.0856. The molecule has 0 N–H and O–H groups in total. The molecule has 3 rings (SSSR count). The Hall–Kier alpha value is -1.66. The second-order valence-corrected chi connectivity index (χ2v) is 7.60. The summed E-state index contributed by atoms with van der Waals surface area (Å²) in [4.78, 5) is 21.8. The van der Waals surface area contributed by atoms with E-state index in [0.717, 1.165) is 64.5 Å². The number of benzene rings is 1. The van der Waals surface area contributed by atoms with Crippen molar-refractivity contribution in [2.24, 2.45) is 0 Å². The van der Waals surface area contributed by atoms with Crippen molar-refractivity contribution < 1.29 is 9.18 Å². The number of hydrogen-bond donors (Lipinski definition) is 0. The zero-order chi connectivity index (χ0) is 19.2. The molecule has 0 spiro atoms. The average Bonchev–Trinajstić information content (AvgIpc) is 2.72. The summed E-state index contributed by atoms with van der Waals surface area (Å²) in [6, 6.07) is 7.25. The zero-order valence-electron chi connectivity index (χ0n) is 16.7. The highest BCUT2D eigenvalue weighted by Crippen LogP contribution is 2.21. The number of carbonyl (C=O) groups excluding carboxylic acids is 1. The van der Waals surface area contributed by atoms with Crippen LogP contribution in [0, 0.1) is 5.82 Å². The van der Waals surface area contributed by atoms with E-state index in [1.54, 1.807) is 0 Å². The lowest BCUT2D eigenvalue weighted by atomic mass is 10.0. The van der Waals surface area contributed by atoms with Crippen molar-refractivity contribution in [3.8, 4) is 0 Å². The molecule has 2 aliphatic rings. The summed E-state index contributed by atoms with van der Waals surface area (Å²) in [5, 5.41) is 0. The van der Waals surface area contributed by atoms with E-state index in [4.69, 9.17) is 0 Å². The number of halogens is 1. The minimum absolute atomic E-state index is 0.186. The molecule has 0 saturated carbocycles. The molecule has 5 nitrogen and oxygen atoms in total. The van der Waals surface area contributed by atoms with Crippen molar-refractivity contribution in [1.82, 2.24) is 14.7 Å². The Kier molecular flexibility index (Phi) is 7.07. The Bertz CT molecular complexity index is 597. The topological polar surface area (TPSA) is 30.0 Å². The maximum Gasteiger partial charge on any atom is 0.236 e. The Morgan fingerprint density at radius 3 is 2.37 bits per heavy atom. The van der Waals surface area contributed by atoms with Gasteiger partial charge in [0, 0.05) is 51.0 Å². The predicted octanol–water partition coefficient (Wildman–Crippen LogP) is 2.28. The van der Waals surface area contributed by atoms with Crippen LogP contribution in [0.3, 0.4) is 0 Å². The normalized spacial score (nSPS) is 21.7. The molecule has 0 aliphatic carbocycles. The van der Waals surface area contributed by atoms with E-state index < -0.39 is 0 Å². The van der Waals surface area contributed by atoms with Gasteiger partial charge in [-0.2, -0.15) is 0 Å². The summed E-state index contributed by atoms with van der Waals surface area (Å²) in [6.07, 6.45) is 2.26. The fourth-order valence-electron chi connectivity index (χ4n) is 4.21. The number of piperidine rings is 1. The van der Waals surface area contributed by atoms with Gasteiger partial charge in [0.25, 0.3) is 0 Å². The van der Waals surface area contributed by atoms with Gasteiger partial charge in [-0.25, -0.2) is 4.39 Å². The molecule has 1 aromatic rings. The lowest BCUT2D eigenvalue weighted by Crippen LogP contribution is -2.56. The first kappa shape index (κ1) is 20.1. The number of nitrogens with zero attached hydrogens (tertiary/aromatic N) is 4. The van der Waals surface area contributed by atoms with E-state index in [2.05, 4.69) is 33.4 Å². The van der Waals surface area contributed by atoms with Crippen molar-refractivity contribution in [1.29, 1.82) is 0 Å². The first-order valence-electron chi connectivity index (χ1n) is 10.4. The van der Waals surface area contributed by atoms with Crippen LogP contribution in [0.1, 0.15) is 26.7 Å². The highest BCUT2D eigenvalue weighted by Gasteiger charge is 2.30. The minimum Gasteiger partial charge on any atom is -0.369 e. The molecule has 6 heteroatoms. The first-order chi connectivity index (χ1) is 13.1. The third-order valence-corrected chi connectivity index (χ3v) is 6.02. The second kappa shape index (κ2) is 9.51. The highest BCUT2D eigenvalue weighted by molar-refractivity contribution is 5.78. The second-order valence-electron chi connectivity index (χ2n) is 7.60. The molecule has 0 aromatic heterocycles. The molecule has 27 heavy (non-hydrogen) atoms. The van der Waals surface area contributed by atoms with Crippen LogP contribution in [-0.2, 0) is 4.79 Å². The third kappa shape index (κ3) is 5.20. The monoisotopic (exact) mass is 376 g/mol. The Labute approximate surface area is 162 Å². The number of hydrogen-bond acceptors (Lipinski definition) is 4. The van der Waals surface area contributed by atoms with Gasteiger partial charge in [-0.3, -0.25) is 14.6 Å². The maximum absolute atomic E-state index is 13.1. The van der Waals surface area contributed by atoms with Crippen LogP contribution < -0.4 is 4.90 Å². The smallest absolute Gasteiger partial charge is 0.236 e. The van der Waals surface area contributed by atoms with Crippen molar-refractivity contribution in [3.63, 3.8) is 0 Å². The van der Waals surface area contributed by atoms with Crippen LogP contribution >= 0.6 is 0 Å². The molecule has 2 fully saturated rings. The Morgan fingerprint density at radius 1 is 1.07 bits per heavy atom. The van der Waals surface area contributed by atoms with Gasteiger partial charge in [-0.15, -0.1) is 0 Å². The lowest BCUT2D eigenvalue weighted by Gasteiger charge is -2.44. The van der Waals surface area contributed by atoms with E-state index >= 15 is 0 Å². The van der Waals surface area contributed by atoms with Gasteiger partial charge < -0.3 is 9.80 Å². The van der Waals surface area contributed by atoms with Gasteiger partial charge >= 0.3 is 0 Å². The van der Waals surface area contributed by atoms with Crippen LogP contribution in [0.15, 0.2) is 24.3 Å². The molecule has 0 radical (unpaired) electrons. The van der Waals surface area contributed by atoms with Crippen LogP contribution in [-0.4, -0.2) is 85.6 Å². The number of rotatable bonds is 6. The molecule has 2 heterocycles. The minimum atomic E-state index is -0.186. The van der Waals surface area contributed by atoms with Gasteiger partial charge in [0.2, 0.25) is 5.91 Å². The summed E-state index contributed by atoms with van der Waals surface area (Å²) in [7, 11) is 0. The number of carbonyl (C=O) groups is 1. The van der Waals surface area contributed by atoms with Crippen LogP contribution in [0.2, 0.25) is 0 Å². The van der Waals surface area contributed by atoms with E-state index in [-0.39, 0.29) is 11.7 Å². The van der Waals surface area contributed by atoms with E-state index in [1.807, 2.05) is 12.1 Å². The molecule has 1 atom stereocenters. The molecule has 0 bridgehead atoms. The quantitative estimate of drug-likeness (QED) is 0.762. The van der Waals surface area contributed by atoms with Crippen molar-refractivity contribution >= 4 is 11.6 Å². The van der Waals surface area contributed by atoms with Crippen LogP contribution in [0.4, 0.5) is 10.1 Å². The fraction of sp³-hybridized carbons (Fsp3) is 0.667. The largest absolute Gasteiger partial charge is 0.369 e. The molecule has 0 unspecified atom stereocenters. The molecule has 2 saturated heterocycles. The van der Waals surface area contributed by atoms with E-state index in [9.17, 15) is 9.18 Å². The maximum atomic E-state index is 13.1. The Morgan fingerprint density at radius 2 is 1.74 bits per heavy atom. The standard InChI is InChI=1S/C21H33FN4O/c1-3-23(4-2)17-21(27)26-11-5-6-20(16-26)25-14-12-24(13-15-25)19-9-7-18(22)8-10-19/h7-10,20H,3-6,11-17H2,1-2H3/t20-/m0/s1. The third-order valence-electron chi connectivity index (χ3n) is 6.02.